The number of carbonyl (C=O) groups excluding carboxylic acids is 1. The fourth-order valence-corrected chi connectivity index (χ4v) is 4.60. The zero-order chi connectivity index (χ0) is 19.5. The molecule has 1 fully saturated rings. The van der Waals surface area contributed by atoms with E-state index in [0.717, 1.165) is 24.0 Å². The number of nitrogens with one attached hydrogen (secondary N) is 1. The molecule has 1 N–H and O–H groups in total. The number of piperidine rings is 1. The van der Waals surface area contributed by atoms with E-state index in [1.165, 1.54) is 0 Å². The SMILES string of the molecule is COc1c(C)cc(S(=O)(=O)NCC2CCN(C(=O)N(C)C)CC2)cc1C. The van der Waals surface area contributed by atoms with E-state index in [4.69, 9.17) is 4.74 Å². The van der Waals surface area contributed by atoms with Crippen molar-refractivity contribution in [2.75, 3.05) is 40.8 Å². The molecule has 0 atom stereocenters. The summed E-state index contributed by atoms with van der Waals surface area (Å²) >= 11 is 0. The summed E-state index contributed by atoms with van der Waals surface area (Å²) in [4.78, 5) is 15.6. The largest absolute Gasteiger partial charge is 0.496 e. The maximum Gasteiger partial charge on any atom is 0.319 e. The van der Waals surface area contributed by atoms with Crippen LogP contribution in [0.1, 0.15) is 24.0 Å². The normalized spacial score (nSPS) is 15.8. The zero-order valence-electron chi connectivity index (χ0n) is 16.2. The first-order valence-corrected chi connectivity index (χ1v) is 10.2. The van der Waals surface area contributed by atoms with Crippen LogP contribution in [-0.2, 0) is 10.0 Å². The Kier molecular flexibility index (Phi) is 6.52. The number of hydrogen-bond donors (Lipinski definition) is 1. The van der Waals surface area contributed by atoms with E-state index in [1.807, 2.05) is 13.8 Å². The highest BCUT2D eigenvalue weighted by Gasteiger charge is 2.25. The van der Waals surface area contributed by atoms with Crippen molar-refractivity contribution in [2.24, 2.45) is 5.92 Å². The summed E-state index contributed by atoms with van der Waals surface area (Å²) in [6.45, 7) is 5.37. The zero-order valence-corrected chi connectivity index (χ0v) is 17.0. The van der Waals surface area contributed by atoms with Crippen molar-refractivity contribution in [1.82, 2.24) is 14.5 Å². The number of hydrogen-bond acceptors (Lipinski definition) is 4. The third-order valence-electron chi connectivity index (χ3n) is 4.78. The van der Waals surface area contributed by atoms with Crippen molar-refractivity contribution >= 4 is 16.1 Å². The molecule has 2 amide bonds. The highest BCUT2D eigenvalue weighted by Crippen LogP contribution is 2.26. The van der Waals surface area contributed by atoms with Gasteiger partial charge in [-0.1, -0.05) is 0 Å². The number of likely N-dealkylation sites (tertiary alicyclic amines) is 1. The summed E-state index contributed by atoms with van der Waals surface area (Å²) in [5.74, 6) is 0.943. The molecule has 1 aliphatic heterocycles. The summed E-state index contributed by atoms with van der Waals surface area (Å²) in [7, 11) is 1.49. The maximum absolute atomic E-state index is 12.6. The Labute approximate surface area is 156 Å². The van der Waals surface area contributed by atoms with Crippen molar-refractivity contribution in [1.29, 1.82) is 0 Å². The number of amides is 2. The van der Waals surface area contributed by atoms with Crippen LogP contribution in [0.3, 0.4) is 0 Å². The predicted octanol–water partition coefficient (Wildman–Crippen LogP) is 1.98. The summed E-state index contributed by atoms with van der Waals surface area (Å²) in [5, 5.41) is 0. The molecule has 8 heteroatoms. The molecule has 146 valence electrons. The van der Waals surface area contributed by atoms with E-state index in [-0.39, 0.29) is 16.8 Å². The van der Waals surface area contributed by atoms with Crippen molar-refractivity contribution in [3.8, 4) is 5.75 Å². The van der Waals surface area contributed by atoms with Crippen molar-refractivity contribution < 1.29 is 17.9 Å². The molecule has 1 aromatic rings. The van der Waals surface area contributed by atoms with Gasteiger partial charge in [0.1, 0.15) is 5.75 Å². The molecule has 1 aromatic carbocycles. The van der Waals surface area contributed by atoms with E-state index in [1.54, 1.807) is 43.1 Å². The topological polar surface area (TPSA) is 79.0 Å². The van der Waals surface area contributed by atoms with Crippen LogP contribution in [0.25, 0.3) is 0 Å². The van der Waals surface area contributed by atoms with Gasteiger partial charge in [0.2, 0.25) is 10.0 Å². The predicted molar refractivity (Wildman–Crippen MR) is 101 cm³/mol. The Morgan fingerprint density at radius 3 is 2.23 bits per heavy atom. The Bertz CT molecular complexity index is 731. The number of carbonyl (C=O) groups is 1. The quantitative estimate of drug-likeness (QED) is 0.843. The number of methoxy groups -OCH3 is 1. The van der Waals surface area contributed by atoms with Gasteiger partial charge in [0.25, 0.3) is 0 Å². The number of nitrogens with zero attached hydrogens (tertiary/aromatic N) is 2. The maximum atomic E-state index is 12.6. The molecule has 0 bridgehead atoms. The lowest BCUT2D eigenvalue weighted by atomic mass is 9.97. The van der Waals surface area contributed by atoms with Crippen LogP contribution in [0.5, 0.6) is 5.75 Å². The fourth-order valence-electron chi connectivity index (χ4n) is 3.31. The minimum atomic E-state index is -3.57. The van der Waals surface area contributed by atoms with Crippen LogP contribution in [-0.4, -0.2) is 65.1 Å². The summed E-state index contributed by atoms with van der Waals surface area (Å²) in [5.41, 5.74) is 1.59. The highest BCUT2D eigenvalue weighted by atomic mass is 32.2. The van der Waals surface area contributed by atoms with Crippen molar-refractivity contribution in [3.63, 3.8) is 0 Å². The van der Waals surface area contributed by atoms with Gasteiger partial charge in [-0.2, -0.15) is 0 Å². The Morgan fingerprint density at radius 2 is 1.77 bits per heavy atom. The van der Waals surface area contributed by atoms with Gasteiger partial charge < -0.3 is 14.5 Å². The Morgan fingerprint density at radius 1 is 1.23 bits per heavy atom. The first kappa shape index (κ1) is 20.5. The van der Waals surface area contributed by atoms with Crippen molar-refractivity contribution in [2.45, 2.75) is 31.6 Å². The second-order valence-corrected chi connectivity index (χ2v) is 8.82. The van der Waals surface area contributed by atoms with E-state index in [9.17, 15) is 13.2 Å². The van der Waals surface area contributed by atoms with Gasteiger partial charge in [0, 0.05) is 33.7 Å². The molecule has 1 saturated heterocycles. The number of aryl methyl sites for hydroxylation is 2. The molecule has 0 radical (unpaired) electrons. The van der Waals surface area contributed by atoms with Gasteiger partial charge in [0.15, 0.2) is 0 Å². The molecule has 2 rings (SSSR count). The van der Waals surface area contributed by atoms with E-state index < -0.39 is 10.0 Å². The smallest absolute Gasteiger partial charge is 0.319 e. The third-order valence-corrected chi connectivity index (χ3v) is 6.18. The summed E-state index contributed by atoms with van der Waals surface area (Å²) < 4.78 is 33.3. The molecule has 0 aliphatic carbocycles. The minimum Gasteiger partial charge on any atom is -0.496 e. The second kappa shape index (κ2) is 8.26. The van der Waals surface area contributed by atoms with Gasteiger partial charge in [-0.3, -0.25) is 0 Å². The molecule has 0 aromatic heterocycles. The number of urea groups is 1. The second-order valence-electron chi connectivity index (χ2n) is 7.05. The molecular weight excluding hydrogens is 354 g/mol. The number of benzene rings is 1. The van der Waals surface area contributed by atoms with Crippen LogP contribution < -0.4 is 9.46 Å². The van der Waals surface area contributed by atoms with Crippen LogP contribution in [0, 0.1) is 19.8 Å². The van der Waals surface area contributed by atoms with E-state index in [0.29, 0.717) is 25.4 Å². The van der Waals surface area contributed by atoms with E-state index >= 15 is 0 Å². The summed E-state index contributed by atoms with van der Waals surface area (Å²) in [6.07, 6.45) is 1.59. The summed E-state index contributed by atoms with van der Waals surface area (Å²) in [6, 6.07) is 3.27. The van der Waals surface area contributed by atoms with Crippen LogP contribution in [0.2, 0.25) is 0 Å². The lowest BCUT2D eigenvalue weighted by molar-refractivity contribution is 0.148. The Hall–Kier alpha value is -1.80. The standard InChI is InChI=1S/C18H29N3O4S/c1-13-10-16(11-14(2)17(13)25-5)26(23,24)19-12-15-6-8-21(9-7-15)18(22)20(3)4/h10-11,15,19H,6-9,12H2,1-5H3. The first-order chi connectivity index (χ1) is 12.2. The Balaban J connectivity index is 1.96. The lowest BCUT2D eigenvalue weighted by Crippen LogP contribution is -2.45. The van der Waals surface area contributed by atoms with Crippen LogP contribution >= 0.6 is 0 Å². The minimum absolute atomic E-state index is 0.00761. The molecule has 0 spiro atoms. The third kappa shape index (κ3) is 4.67. The van der Waals surface area contributed by atoms with Crippen molar-refractivity contribution in [3.05, 3.63) is 23.3 Å². The van der Waals surface area contributed by atoms with Gasteiger partial charge >= 0.3 is 6.03 Å². The number of rotatable bonds is 5. The molecule has 7 nitrogen and oxygen atoms in total. The highest BCUT2D eigenvalue weighted by molar-refractivity contribution is 7.89. The fraction of sp³-hybridized carbons (Fsp3) is 0.611. The van der Waals surface area contributed by atoms with E-state index in [2.05, 4.69) is 4.72 Å². The first-order valence-electron chi connectivity index (χ1n) is 8.77. The number of sulfonamides is 1. The number of ether oxygens (including phenoxy) is 1. The monoisotopic (exact) mass is 383 g/mol. The molecule has 26 heavy (non-hydrogen) atoms. The average Bonchev–Trinajstić information content (AvgIpc) is 2.59. The average molecular weight is 384 g/mol. The lowest BCUT2D eigenvalue weighted by Gasteiger charge is -2.33. The van der Waals surface area contributed by atoms with Gasteiger partial charge in [-0.15, -0.1) is 0 Å². The van der Waals surface area contributed by atoms with Gasteiger partial charge in [-0.25, -0.2) is 17.9 Å². The van der Waals surface area contributed by atoms with Crippen LogP contribution in [0.15, 0.2) is 17.0 Å². The van der Waals surface area contributed by atoms with Gasteiger partial charge in [0.05, 0.1) is 12.0 Å². The van der Waals surface area contributed by atoms with Gasteiger partial charge in [-0.05, 0) is 55.9 Å². The molecule has 1 aliphatic rings. The molecule has 1 heterocycles. The molecule has 0 saturated carbocycles. The molecule has 0 unspecified atom stereocenters. The van der Waals surface area contributed by atoms with Crippen LogP contribution in [0.4, 0.5) is 4.79 Å². The molecular formula is C18H29N3O4S.